The molecular weight excluding hydrogens is 472 g/mol. The Morgan fingerprint density at radius 2 is 1.94 bits per heavy atom. The fraction of sp³-hybridized carbons (Fsp3) is 0.333. The van der Waals surface area contributed by atoms with Gasteiger partial charge in [0.25, 0.3) is 5.56 Å². The summed E-state index contributed by atoms with van der Waals surface area (Å²) in [5.41, 5.74) is -0.968. The van der Waals surface area contributed by atoms with E-state index in [4.69, 9.17) is 9.47 Å². The van der Waals surface area contributed by atoms with Crippen LogP contribution in [0.1, 0.15) is 13.8 Å². The second-order valence-electron chi connectivity index (χ2n) is 7.95. The second kappa shape index (κ2) is 10.4. The molecule has 11 heteroatoms. The van der Waals surface area contributed by atoms with Crippen LogP contribution in [0.15, 0.2) is 57.2 Å². The summed E-state index contributed by atoms with van der Waals surface area (Å²) in [5.74, 6) is 0.196. The fourth-order valence-corrected chi connectivity index (χ4v) is 4.62. The van der Waals surface area contributed by atoms with Gasteiger partial charge in [-0.2, -0.15) is 0 Å². The molecule has 0 amide bonds. The van der Waals surface area contributed by atoms with Gasteiger partial charge in [-0.3, -0.25) is 19.1 Å². The van der Waals surface area contributed by atoms with Gasteiger partial charge in [-0.15, -0.1) is 0 Å². The minimum Gasteiger partial charge on any atom is -0.490 e. The Morgan fingerprint density at radius 1 is 1.20 bits per heavy atom. The standard InChI is InChI=1S/C24H26N4O6S/c1-4-33-22(31)14(2)35-24-25-20-19(21(30)26-23(32)27(20)3)28(24)12-16(29)13-34-18-11-7-9-15-8-5-6-10-17(15)18/h5-11,14,16,29H,4,12-13H2,1-3H3,(H,26,30,32). The van der Waals surface area contributed by atoms with Crippen LogP contribution in [0.25, 0.3) is 21.9 Å². The summed E-state index contributed by atoms with van der Waals surface area (Å²) >= 11 is 1.08. The van der Waals surface area contributed by atoms with Gasteiger partial charge in [-0.25, -0.2) is 9.78 Å². The van der Waals surface area contributed by atoms with E-state index in [0.717, 1.165) is 22.5 Å². The number of aliphatic hydroxyl groups is 1. The van der Waals surface area contributed by atoms with E-state index in [9.17, 15) is 19.5 Å². The van der Waals surface area contributed by atoms with Crippen LogP contribution < -0.4 is 16.0 Å². The summed E-state index contributed by atoms with van der Waals surface area (Å²) in [6.07, 6.45) is -1.01. The van der Waals surface area contributed by atoms with Crippen LogP contribution in [-0.4, -0.2) is 54.7 Å². The lowest BCUT2D eigenvalue weighted by Crippen LogP contribution is -2.31. The van der Waals surface area contributed by atoms with Crippen molar-refractivity contribution in [2.24, 2.45) is 7.05 Å². The molecule has 10 nitrogen and oxygen atoms in total. The molecule has 2 aromatic carbocycles. The Kier molecular flexibility index (Phi) is 7.27. The zero-order chi connectivity index (χ0) is 25.1. The number of fused-ring (bicyclic) bond motifs is 2. The SMILES string of the molecule is CCOC(=O)C(C)Sc1nc2c(c(=O)[nH]c(=O)n2C)n1CC(O)COc1cccc2ccccc12. The molecule has 4 aromatic rings. The van der Waals surface area contributed by atoms with Gasteiger partial charge < -0.3 is 19.1 Å². The summed E-state index contributed by atoms with van der Waals surface area (Å²) in [7, 11) is 1.49. The molecule has 184 valence electrons. The van der Waals surface area contributed by atoms with Crippen LogP contribution in [0.4, 0.5) is 0 Å². The molecule has 2 heterocycles. The predicted molar refractivity (Wildman–Crippen MR) is 133 cm³/mol. The van der Waals surface area contributed by atoms with Gasteiger partial charge in [0.15, 0.2) is 16.3 Å². The van der Waals surface area contributed by atoms with Crippen LogP contribution in [0.3, 0.4) is 0 Å². The van der Waals surface area contributed by atoms with E-state index in [0.29, 0.717) is 10.9 Å². The van der Waals surface area contributed by atoms with Crippen molar-refractivity contribution in [3.8, 4) is 5.75 Å². The first-order chi connectivity index (χ1) is 16.8. The molecule has 0 bridgehead atoms. The lowest BCUT2D eigenvalue weighted by atomic mass is 10.1. The van der Waals surface area contributed by atoms with Crippen molar-refractivity contribution < 1.29 is 19.4 Å². The van der Waals surface area contributed by atoms with Crippen molar-refractivity contribution in [1.29, 1.82) is 0 Å². The number of imidazole rings is 1. The highest BCUT2D eigenvalue weighted by Crippen LogP contribution is 2.28. The minimum absolute atomic E-state index is 0.0412. The average Bonchev–Trinajstić information content (AvgIpc) is 3.19. The van der Waals surface area contributed by atoms with Gasteiger partial charge in [0.1, 0.15) is 23.7 Å². The number of aromatic amines is 1. The van der Waals surface area contributed by atoms with E-state index in [2.05, 4.69) is 9.97 Å². The summed E-state index contributed by atoms with van der Waals surface area (Å²) in [4.78, 5) is 43.6. The number of thioether (sulfide) groups is 1. The summed E-state index contributed by atoms with van der Waals surface area (Å²) in [5, 5.41) is 12.4. The van der Waals surface area contributed by atoms with Gasteiger partial charge in [-0.05, 0) is 25.3 Å². The Bertz CT molecular complexity index is 1490. The third kappa shape index (κ3) is 5.10. The number of hydrogen-bond donors (Lipinski definition) is 2. The molecule has 0 aliphatic heterocycles. The number of carbonyl (C=O) groups is 1. The number of aliphatic hydroxyl groups excluding tert-OH is 1. The van der Waals surface area contributed by atoms with E-state index < -0.39 is 28.6 Å². The van der Waals surface area contributed by atoms with Gasteiger partial charge in [-0.1, -0.05) is 48.2 Å². The molecule has 2 N–H and O–H groups in total. The number of esters is 1. The number of nitrogens with zero attached hydrogens (tertiary/aromatic N) is 3. The molecular formula is C24H26N4O6S. The topological polar surface area (TPSA) is 128 Å². The zero-order valence-electron chi connectivity index (χ0n) is 19.6. The maximum absolute atomic E-state index is 12.7. The monoisotopic (exact) mass is 498 g/mol. The lowest BCUT2D eigenvalue weighted by molar-refractivity contribution is -0.142. The molecule has 0 saturated heterocycles. The number of nitrogens with one attached hydrogen (secondary N) is 1. The minimum atomic E-state index is -1.01. The first-order valence-electron chi connectivity index (χ1n) is 11.1. The van der Waals surface area contributed by atoms with Crippen molar-refractivity contribution in [3.05, 3.63) is 63.3 Å². The quantitative estimate of drug-likeness (QED) is 0.265. The highest BCUT2D eigenvalue weighted by molar-refractivity contribution is 8.00. The lowest BCUT2D eigenvalue weighted by Gasteiger charge is -2.17. The molecule has 0 aliphatic carbocycles. The van der Waals surface area contributed by atoms with Crippen molar-refractivity contribution in [2.45, 2.75) is 36.9 Å². The van der Waals surface area contributed by atoms with Crippen LogP contribution in [0.5, 0.6) is 5.75 Å². The van der Waals surface area contributed by atoms with Crippen LogP contribution in [-0.2, 0) is 23.1 Å². The van der Waals surface area contributed by atoms with Crippen molar-refractivity contribution in [2.75, 3.05) is 13.2 Å². The molecule has 0 aliphatic rings. The number of ether oxygens (including phenoxy) is 2. The van der Waals surface area contributed by atoms with Gasteiger partial charge >= 0.3 is 11.7 Å². The third-order valence-corrected chi connectivity index (χ3v) is 6.52. The van der Waals surface area contributed by atoms with Crippen molar-refractivity contribution >= 4 is 39.7 Å². The van der Waals surface area contributed by atoms with Crippen LogP contribution in [0.2, 0.25) is 0 Å². The number of rotatable bonds is 9. The molecule has 0 radical (unpaired) electrons. The Labute approximate surface area is 204 Å². The van der Waals surface area contributed by atoms with E-state index in [1.54, 1.807) is 13.8 Å². The first kappa shape index (κ1) is 24.6. The maximum atomic E-state index is 12.7. The number of carbonyl (C=O) groups excluding carboxylic acids is 1. The number of H-pyrrole nitrogens is 1. The van der Waals surface area contributed by atoms with E-state index >= 15 is 0 Å². The molecule has 35 heavy (non-hydrogen) atoms. The Hall–Kier alpha value is -3.57. The Morgan fingerprint density at radius 3 is 2.71 bits per heavy atom. The summed E-state index contributed by atoms with van der Waals surface area (Å²) < 4.78 is 13.7. The maximum Gasteiger partial charge on any atom is 0.329 e. The van der Waals surface area contributed by atoms with E-state index in [1.165, 1.54) is 16.2 Å². The van der Waals surface area contributed by atoms with Gasteiger partial charge in [0.2, 0.25) is 0 Å². The number of hydrogen-bond acceptors (Lipinski definition) is 8. The highest BCUT2D eigenvalue weighted by atomic mass is 32.2. The first-order valence-corrected chi connectivity index (χ1v) is 12.0. The third-order valence-electron chi connectivity index (χ3n) is 5.45. The largest absolute Gasteiger partial charge is 0.490 e. The zero-order valence-corrected chi connectivity index (χ0v) is 20.4. The smallest absolute Gasteiger partial charge is 0.329 e. The van der Waals surface area contributed by atoms with Crippen molar-refractivity contribution in [1.82, 2.24) is 19.1 Å². The van der Waals surface area contributed by atoms with Gasteiger partial charge in [0.05, 0.1) is 13.2 Å². The molecule has 2 aromatic heterocycles. The number of aromatic nitrogens is 4. The predicted octanol–water partition coefficient (Wildman–Crippen LogP) is 2.06. The number of benzene rings is 2. The molecule has 4 rings (SSSR count). The molecule has 2 unspecified atom stereocenters. The van der Waals surface area contributed by atoms with Crippen LogP contribution in [0, 0.1) is 0 Å². The second-order valence-corrected chi connectivity index (χ2v) is 9.26. The summed E-state index contributed by atoms with van der Waals surface area (Å²) in [6.45, 7) is 3.52. The average molecular weight is 499 g/mol. The molecule has 0 saturated carbocycles. The van der Waals surface area contributed by atoms with Crippen molar-refractivity contribution in [3.63, 3.8) is 0 Å². The summed E-state index contributed by atoms with van der Waals surface area (Å²) in [6, 6.07) is 13.4. The number of aryl methyl sites for hydroxylation is 1. The fourth-order valence-electron chi connectivity index (χ4n) is 3.71. The Balaban J connectivity index is 1.63. The highest BCUT2D eigenvalue weighted by Gasteiger charge is 2.24. The van der Waals surface area contributed by atoms with E-state index in [1.807, 2.05) is 42.5 Å². The molecule has 0 spiro atoms. The van der Waals surface area contributed by atoms with E-state index in [-0.39, 0.29) is 30.9 Å². The van der Waals surface area contributed by atoms with Gasteiger partial charge in [0, 0.05) is 12.4 Å². The molecule has 2 atom stereocenters. The van der Waals surface area contributed by atoms with Crippen LogP contribution >= 0.6 is 11.8 Å². The normalized spacial score (nSPS) is 13.1. The molecule has 0 fully saturated rings.